The number of nitrogens with one attached hydrogen (secondary N) is 1. The van der Waals surface area contributed by atoms with Gasteiger partial charge < -0.3 is 5.73 Å². The number of nitrogen functional groups attached to an aromatic ring is 1. The fourth-order valence-corrected chi connectivity index (χ4v) is 2.27. The Morgan fingerprint density at radius 3 is 2.72 bits per heavy atom. The number of nitrogens with two attached hydrogens (primary N) is 1. The minimum Gasteiger partial charge on any atom is -0.384 e. The van der Waals surface area contributed by atoms with Crippen LogP contribution in [0.1, 0.15) is 30.9 Å². The molecule has 0 amide bonds. The highest BCUT2D eigenvalue weighted by Gasteiger charge is 2.30. The van der Waals surface area contributed by atoms with Crippen LogP contribution in [-0.4, -0.2) is 23.8 Å². The number of benzene rings is 1. The highest BCUT2D eigenvalue weighted by molar-refractivity contribution is 5.95. The lowest BCUT2D eigenvalue weighted by Crippen LogP contribution is -2.30. The van der Waals surface area contributed by atoms with E-state index in [0.29, 0.717) is 18.2 Å². The number of rotatable bonds is 5. The van der Waals surface area contributed by atoms with Crippen LogP contribution in [-0.2, 0) is 6.54 Å². The largest absolute Gasteiger partial charge is 0.384 e. The zero-order valence-corrected chi connectivity index (χ0v) is 10.9. The molecule has 1 aromatic carbocycles. The Bertz CT molecular complexity index is 454. The fraction of sp³-hybridized carbons (Fsp3) is 0.500. The van der Waals surface area contributed by atoms with Crippen LogP contribution in [0.3, 0.4) is 0 Å². The van der Waals surface area contributed by atoms with Gasteiger partial charge in [0, 0.05) is 18.2 Å². The van der Waals surface area contributed by atoms with E-state index in [4.69, 9.17) is 11.1 Å². The molecule has 3 nitrogen and oxygen atoms in total. The molecule has 98 valence electrons. The summed E-state index contributed by atoms with van der Waals surface area (Å²) in [6.45, 7) is 2.90. The lowest BCUT2D eigenvalue weighted by Gasteiger charge is -2.24. The van der Waals surface area contributed by atoms with Gasteiger partial charge in [0.15, 0.2) is 0 Å². The molecule has 4 heteroatoms. The van der Waals surface area contributed by atoms with Gasteiger partial charge in [-0.25, -0.2) is 4.39 Å². The highest BCUT2D eigenvalue weighted by Crippen LogP contribution is 2.35. The van der Waals surface area contributed by atoms with Crippen molar-refractivity contribution in [2.45, 2.75) is 32.4 Å². The van der Waals surface area contributed by atoms with Crippen LogP contribution in [0, 0.1) is 17.1 Å². The van der Waals surface area contributed by atoms with Gasteiger partial charge in [-0.3, -0.25) is 10.3 Å². The number of amidine groups is 1. The fourth-order valence-electron chi connectivity index (χ4n) is 2.27. The number of halogens is 1. The Hall–Kier alpha value is -1.42. The van der Waals surface area contributed by atoms with E-state index in [1.54, 1.807) is 6.07 Å². The molecule has 0 aliphatic heterocycles. The summed E-state index contributed by atoms with van der Waals surface area (Å²) < 4.78 is 13.4. The Balaban J connectivity index is 2.10. The average Bonchev–Trinajstić information content (AvgIpc) is 3.10. The summed E-state index contributed by atoms with van der Waals surface area (Å²) in [5.41, 5.74) is 6.73. The van der Waals surface area contributed by atoms with Crippen LogP contribution in [0.25, 0.3) is 0 Å². The quantitative estimate of drug-likeness (QED) is 0.621. The van der Waals surface area contributed by atoms with E-state index in [1.807, 2.05) is 0 Å². The minimum atomic E-state index is -0.329. The van der Waals surface area contributed by atoms with E-state index >= 15 is 0 Å². The van der Waals surface area contributed by atoms with Crippen molar-refractivity contribution in [1.82, 2.24) is 4.90 Å². The molecule has 3 N–H and O–H groups in total. The maximum atomic E-state index is 13.4. The average molecular weight is 249 g/mol. The molecule has 2 rings (SSSR count). The van der Waals surface area contributed by atoms with Crippen molar-refractivity contribution in [3.63, 3.8) is 0 Å². The second kappa shape index (κ2) is 5.06. The third-order valence-corrected chi connectivity index (χ3v) is 3.70. The maximum absolute atomic E-state index is 13.4. The van der Waals surface area contributed by atoms with Crippen molar-refractivity contribution in [2.75, 3.05) is 7.05 Å². The van der Waals surface area contributed by atoms with Crippen LogP contribution in [0.2, 0.25) is 0 Å². The summed E-state index contributed by atoms with van der Waals surface area (Å²) in [7, 11) is 2.06. The molecule has 0 radical (unpaired) electrons. The van der Waals surface area contributed by atoms with E-state index in [9.17, 15) is 4.39 Å². The maximum Gasteiger partial charge on any atom is 0.124 e. The van der Waals surface area contributed by atoms with E-state index < -0.39 is 0 Å². The monoisotopic (exact) mass is 249 g/mol. The van der Waals surface area contributed by atoms with E-state index in [0.717, 1.165) is 11.5 Å². The number of hydrogen-bond donors (Lipinski definition) is 2. The van der Waals surface area contributed by atoms with Crippen LogP contribution in [0.4, 0.5) is 4.39 Å². The van der Waals surface area contributed by atoms with Crippen LogP contribution in [0.15, 0.2) is 18.2 Å². The molecule has 0 aromatic heterocycles. The molecule has 0 saturated heterocycles. The molecule has 1 aromatic rings. The normalized spacial score (nSPS) is 16.9. The molecule has 1 unspecified atom stereocenters. The first-order valence-electron chi connectivity index (χ1n) is 6.31. The molecule has 18 heavy (non-hydrogen) atoms. The van der Waals surface area contributed by atoms with Crippen molar-refractivity contribution in [3.05, 3.63) is 35.1 Å². The standard InChI is InChI=1S/C14H20FN3/c1-9(11-3-4-11)18(2)8-10-5-12(14(16)17)7-13(15)6-10/h5-7,9,11H,3-4,8H2,1-2H3,(H3,16,17). The first kappa shape index (κ1) is 13.0. The third kappa shape index (κ3) is 3.07. The summed E-state index contributed by atoms with van der Waals surface area (Å²) in [6.07, 6.45) is 2.60. The highest BCUT2D eigenvalue weighted by atomic mass is 19.1. The summed E-state index contributed by atoms with van der Waals surface area (Å²) in [6, 6.07) is 5.13. The summed E-state index contributed by atoms with van der Waals surface area (Å²) in [5, 5.41) is 7.37. The first-order chi connectivity index (χ1) is 8.47. The zero-order chi connectivity index (χ0) is 13.3. The van der Waals surface area contributed by atoms with E-state index in [2.05, 4.69) is 18.9 Å². The van der Waals surface area contributed by atoms with Crippen molar-refractivity contribution in [2.24, 2.45) is 11.7 Å². The van der Waals surface area contributed by atoms with Gasteiger partial charge in [0.05, 0.1) is 0 Å². The van der Waals surface area contributed by atoms with E-state index in [-0.39, 0.29) is 11.7 Å². The Morgan fingerprint density at radius 1 is 1.50 bits per heavy atom. The second-order valence-corrected chi connectivity index (χ2v) is 5.25. The zero-order valence-electron chi connectivity index (χ0n) is 10.9. The molecule has 0 spiro atoms. The van der Waals surface area contributed by atoms with Crippen molar-refractivity contribution >= 4 is 5.84 Å². The Kier molecular flexibility index (Phi) is 3.66. The summed E-state index contributed by atoms with van der Waals surface area (Å²) in [4.78, 5) is 2.23. The Morgan fingerprint density at radius 2 is 2.17 bits per heavy atom. The molecule has 1 saturated carbocycles. The van der Waals surface area contributed by atoms with Gasteiger partial charge in [-0.15, -0.1) is 0 Å². The smallest absolute Gasteiger partial charge is 0.124 e. The Labute approximate surface area is 107 Å². The SMILES string of the molecule is CC(C1CC1)N(C)Cc1cc(F)cc(C(=N)N)c1. The van der Waals surface area contributed by atoms with Gasteiger partial charge in [-0.2, -0.15) is 0 Å². The predicted octanol–water partition coefficient (Wildman–Crippen LogP) is 2.34. The lowest BCUT2D eigenvalue weighted by atomic mass is 10.1. The van der Waals surface area contributed by atoms with Crippen molar-refractivity contribution < 1.29 is 4.39 Å². The van der Waals surface area contributed by atoms with Crippen LogP contribution >= 0.6 is 0 Å². The van der Waals surface area contributed by atoms with Gasteiger partial charge in [-0.05, 0) is 56.5 Å². The molecular formula is C14H20FN3. The van der Waals surface area contributed by atoms with Gasteiger partial charge in [0.25, 0.3) is 0 Å². The third-order valence-electron chi connectivity index (χ3n) is 3.70. The van der Waals surface area contributed by atoms with Crippen molar-refractivity contribution in [3.8, 4) is 0 Å². The van der Waals surface area contributed by atoms with Crippen LogP contribution in [0.5, 0.6) is 0 Å². The summed E-state index contributed by atoms with van der Waals surface area (Å²) >= 11 is 0. The second-order valence-electron chi connectivity index (χ2n) is 5.25. The van der Waals surface area contributed by atoms with Gasteiger partial charge in [0.2, 0.25) is 0 Å². The molecule has 0 bridgehead atoms. The first-order valence-corrected chi connectivity index (χ1v) is 6.31. The van der Waals surface area contributed by atoms with Gasteiger partial charge >= 0.3 is 0 Å². The predicted molar refractivity (Wildman–Crippen MR) is 71.1 cm³/mol. The molecule has 1 atom stereocenters. The van der Waals surface area contributed by atoms with Gasteiger partial charge in [-0.1, -0.05) is 0 Å². The molecule has 0 heterocycles. The lowest BCUT2D eigenvalue weighted by molar-refractivity contribution is 0.226. The number of hydrogen-bond acceptors (Lipinski definition) is 2. The molecule has 1 fully saturated rings. The molecular weight excluding hydrogens is 229 g/mol. The minimum absolute atomic E-state index is 0.0892. The molecule has 1 aliphatic carbocycles. The van der Waals surface area contributed by atoms with Crippen molar-refractivity contribution in [1.29, 1.82) is 5.41 Å². The van der Waals surface area contributed by atoms with Gasteiger partial charge in [0.1, 0.15) is 11.7 Å². The topological polar surface area (TPSA) is 53.1 Å². The number of nitrogens with zero attached hydrogens (tertiary/aromatic N) is 1. The summed E-state index contributed by atoms with van der Waals surface area (Å²) in [5.74, 6) is 0.370. The molecule has 1 aliphatic rings. The van der Waals surface area contributed by atoms with E-state index in [1.165, 1.54) is 25.0 Å². The van der Waals surface area contributed by atoms with Crippen LogP contribution < -0.4 is 5.73 Å².